The van der Waals surface area contributed by atoms with Crippen LogP contribution in [0.15, 0.2) is 36.4 Å². The van der Waals surface area contributed by atoms with Crippen molar-refractivity contribution in [3.8, 4) is 11.5 Å². The van der Waals surface area contributed by atoms with Gasteiger partial charge >= 0.3 is 12.0 Å². The molecule has 1 saturated heterocycles. The van der Waals surface area contributed by atoms with E-state index in [9.17, 15) is 14.4 Å². The Morgan fingerprint density at radius 3 is 2.50 bits per heavy atom. The van der Waals surface area contributed by atoms with Crippen molar-refractivity contribution >= 4 is 23.6 Å². The minimum absolute atomic E-state index is 0.0364. The number of nitrogens with one attached hydrogen (secondary N) is 1. The van der Waals surface area contributed by atoms with E-state index in [1.807, 2.05) is 12.1 Å². The molecule has 9 heteroatoms. The summed E-state index contributed by atoms with van der Waals surface area (Å²) in [6, 6.07) is 9.65. The van der Waals surface area contributed by atoms with Gasteiger partial charge in [0.1, 0.15) is 6.54 Å². The second-order valence-corrected chi connectivity index (χ2v) is 7.61. The van der Waals surface area contributed by atoms with E-state index in [-0.39, 0.29) is 24.1 Å². The smallest absolute Gasteiger partial charge is 0.339 e. The topological polar surface area (TPSA) is 97.4 Å². The Hall–Kier alpha value is -3.75. The van der Waals surface area contributed by atoms with Crippen molar-refractivity contribution in [2.45, 2.75) is 12.5 Å². The normalized spacial score (nSPS) is 17.2. The molecule has 2 aliphatic heterocycles. The summed E-state index contributed by atoms with van der Waals surface area (Å²) in [4.78, 5) is 41.2. The van der Waals surface area contributed by atoms with Crippen LogP contribution in [0.4, 0.5) is 10.5 Å². The van der Waals surface area contributed by atoms with Gasteiger partial charge in [-0.1, -0.05) is 12.1 Å². The summed E-state index contributed by atoms with van der Waals surface area (Å²) in [5.74, 6) is 0.534. The first-order valence-electron chi connectivity index (χ1n) is 10.2. The van der Waals surface area contributed by atoms with Crippen molar-refractivity contribution in [1.82, 2.24) is 9.80 Å². The highest BCUT2D eigenvalue weighted by atomic mass is 16.5. The Balaban J connectivity index is 1.60. The van der Waals surface area contributed by atoms with Crippen LogP contribution in [0, 0.1) is 0 Å². The Kier molecular flexibility index (Phi) is 5.89. The Bertz CT molecular complexity index is 1070. The van der Waals surface area contributed by atoms with E-state index in [2.05, 4.69) is 5.32 Å². The van der Waals surface area contributed by atoms with Crippen LogP contribution in [0.3, 0.4) is 0 Å². The Morgan fingerprint density at radius 2 is 1.78 bits per heavy atom. The third-order valence-corrected chi connectivity index (χ3v) is 5.90. The lowest BCUT2D eigenvalue weighted by Gasteiger charge is -2.44. The molecule has 1 fully saturated rings. The number of carbonyl (C=O) groups is 3. The largest absolute Gasteiger partial charge is 0.493 e. The fraction of sp³-hybridized carbons (Fsp3) is 0.348. The number of carbonyl (C=O) groups excluding carboxylic acids is 3. The highest BCUT2D eigenvalue weighted by molar-refractivity contribution is 6.01. The molecule has 168 valence electrons. The molecule has 0 aromatic heterocycles. The molecule has 9 nitrogen and oxygen atoms in total. The number of anilines is 1. The fourth-order valence-corrected chi connectivity index (χ4v) is 4.28. The lowest BCUT2D eigenvalue weighted by molar-refractivity contribution is -0.139. The highest BCUT2D eigenvalue weighted by Gasteiger charge is 2.39. The minimum atomic E-state index is -0.552. The highest BCUT2D eigenvalue weighted by Crippen LogP contribution is 2.39. The number of rotatable bonds is 4. The molecular weight excluding hydrogens is 414 g/mol. The zero-order valence-corrected chi connectivity index (χ0v) is 18.2. The van der Waals surface area contributed by atoms with Gasteiger partial charge in [0, 0.05) is 13.1 Å². The van der Waals surface area contributed by atoms with E-state index in [4.69, 9.17) is 14.2 Å². The van der Waals surface area contributed by atoms with Gasteiger partial charge in [0.05, 0.1) is 38.6 Å². The summed E-state index contributed by atoms with van der Waals surface area (Å²) in [5, 5.41) is 2.75. The van der Waals surface area contributed by atoms with Gasteiger partial charge < -0.3 is 29.3 Å². The van der Waals surface area contributed by atoms with Crippen molar-refractivity contribution in [2.24, 2.45) is 0 Å². The number of amides is 3. The molecule has 0 spiro atoms. The maximum absolute atomic E-state index is 13.0. The van der Waals surface area contributed by atoms with Gasteiger partial charge in [0.25, 0.3) is 0 Å². The number of esters is 1. The summed E-state index contributed by atoms with van der Waals surface area (Å²) in [6.07, 6.45) is 0.705. The van der Waals surface area contributed by atoms with Gasteiger partial charge in [-0.3, -0.25) is 4.79 Å². The van der Waals surface area contributed by atoms with E-state index in [1.165, 1.54) is 12.0 Å². The SMILES string of the molecule is COC(=O)c1ccccc1NC(=O)N1CC(=O)N2CCc3cc(OC)c(OC)cc3C2C1. The molecule has 3 amide bonds. The van der Waals surface area contributed by atoms with Crippen molar-refractivity contribution in [1.29, 1.82) is 0 Å². The zero-order valence-electron chi connectivity index (χ0n) is 18.2. The number of nitrogens with zero attached hydrogens (tertiary/aromatic N) is 2. The summed E-state index contributed by atoms with van der Waals surface area (Å²) in [5.41, 5.74) is 2.58. The van der Waals surface area contributed by atoms with E-state index < -0.39 is 12.0 Å². The van der Waals surface area contributed by atoms with Crippen LogP contribution in [0.25, 0.3) is 0 Å². The molecule has 0 saturated carbocycles. The van der Waals surface area contributed by atoms with Gasteiger partial charge in [-0.15, -0.1) is 0 Å². The van der Waals surface area contributed by atoms with Crippen LogP contribution in [0.5, 0.6) is 11.5 Å². The number of ether oxygens (including phenoxy) is 3. The van der Waals surface area contributed by atoms with Gasteiger partial charge in [-0.25, -0.2) is 9.59 Å². The Labute approximate surface area is 185 Å². The third-order valence-electron chi connectivity index (χ3n) is 5.90. The quantitative estimate of drug-likeness (QED) is 0.735. The predicted molar refractivity (Wildman–Crippen MR) is 116 cm³/mol. The molecule has 4 rings (SSSR count). The number of hydrogen-bond donors (Lipinski definition) is 1. The molecule has 1 unspecified atom stereocenters. The van der Waals surface area contributed by atoms with Gasteiger partial charge in [0.15, 0.2) is 11.5 Å². The van der Waals surface area contributed by atoms with Crippen LogP contribution >= 0.6 is 0 Å². The average Bonchev–Trinajstić information content (AvgIpc) is 2.82. The van der Waals surface area contributed by atoms with Crippen molar-refractivity contribution < 1.29 is 28.6 Å². The number of urea groups is 1. The third kappa shape index (κ3) is 3.81. The second-order valence-electron chi connectivity index (χ2n) is 7.61. The first-order chi connectivity index (χ1) is 15.5. The molecule has 0 radical (unpaired) electrons. The molecule has 2 aromatic rings. The maximum Gasteiger partial charge on any atom is 0.339 e. The van der Waals surface area contributed by atoms with Crippen molar-refractivity contribution in [2.75, 3.05) is 46.3 Å². The van der Waals surface area contributed by atoms with Gasteiger partial charge in [0.2, 0.25) is 5.91 Å². The Morgan fingerprint density at radius 1 is 1.06 bits per heavy atom. The number of piperazine rings is 1. The zero-order chi connectivity index (χ0) is 22.8. The van der Waals surface area contributed by atoms with E-state index in [0.29, 0.717) is 36.7 Å². The molecule has 1 atom stereocenters. The number of benzene rings is 2. The molecule has 2 aliphatic rings. The fourth-order valence-electron chi connectivity index (χ4n) is 4.28. The molecule has 0 aliphatic carbocycles. The van der Waals surface area contributed by atoms with Crippen LogP contribution in [-0.2, 0) is 16.0 Å². The molecule has 2 aromatic carbocycles. The van der Waals surface area contributed by atoms with E-state index in [0.717, 1.165) is 11.1 Å². The van der Waals surface area contributed by atoms with Crippen molar-refractivity contribution in [3.63, 3.8) is 0 Å². The second kappa shape index (κ2) is 8.78. The first kappa shape index (κ1) is 21.5. The van der Waals surface area contributed by atoms with Crippen LogP contribution < -0.4 is 14.8 Å². The van der Waals surface area contributed by atoms with E-state index in [1.54, 1.807) is 43.4 Å². The van der Waals surface area contributed by atoms with Crippen molar-refractivity contribution in [3.05, 3.63) is 53.1 Å². The average molecular weight is 439 g/mol. The summed E-state index contributed by atoms with van der Waals surface area (Å²) < 4.78 is 15.6. The lowest BCUT2D eigenvalue weighted by atomic mass is 9.90. The maximum atomic E-state index is 13.0. The first-order valence-corrected chi connectivity index (χ1v) is 10.2. The summed E-state index contributed by atoms with van der Waals surface area (Å²) >= 11 is 0. The number of para-hydroxylation sites is 1. The van der Waals surface area contributed by atoms with Gasteiger partial charge in [-0.05, 0) is 41.8 Å². The molecule has 32 heavy (non-hydrogen) atoms. The predicted octanol–water partition coefficient (Wildman–Crippen LogP) is 2.46. The molecule has 2 heterocycles. The molecule has 0 bridgehead atoms. The van der Waals surface area contributed by atoms with E-state index >= 15 is 0 Å². The molecule has 1 N–H and O–H groups in total. The molecular formula is C23H25N3O6. The number of fused-ring (bicyclic) bond motifs is 3. The number of hydrogen-bond acceptors (Lipinski definition) is 6. The van der Waals surface area contributed by atoms with Gasteiger partial charge in [-0.2, -0.15) is 0 Å². The summed E-state index contributed by atoms with van der Waals surface area (Å²) in [7, 11) is 4.43. The lowest BCUT2D eigenvalue weighted by Crippen LogP contribution is -2.56. The van der Waals surface area contributed by atoms with Crippen LogP contribution in [0.1, 0.15) is 27.5 Å². The summed E-state index contributed by atoms with van der Waals surface area (Å²) in [6.45, 7) is 0.860. The van der Waals surface area contributed by atoms with Crippen LogP contribution in [-0.4, -0.2) is 68.7 Å². The van der Waals surface area contributed by atoms with Crippen LogP contribution in [0.2, 0.25) is 0 Å². The number of methoxy groups -OCH3 is 3. The monoisotopic (exact) mass is 439 g/mol. The standard InChI is InChI=1S/C23H25N3O6/c1-30-19-10-14-8-9-26-18(16(14)11-20(19)31-2)12-25(13-21(26)27)23(29)24-17-7-5-4-6-15(17)22(28)32-3/h4-7,10-11,18H,8-9,12-13H2,1-3H3,(H,24,29). The minimum Gasteiger partial charge on any atom is -0.493 e.